The molecule has 1 fully saturated rings. The highest BCUT2D eigenvalue weighted by Gasteiger charge is 2.47. The van der Waals surface area contributed by atoms with Gasteiger partial charge in [-0.1, -0.05) is 60.1 Å². The zero-order valence-corrected chi connectivity index (χ0v) is 15.5. The van der Waals surface area contributed by atoms with E-state index in [2.05, 4.69) is 29.8 Å². The van der Waals surface area contributed by atoms with Crippen LogP contribution in [0.5, 0.6) is 0 Å². The van der Waals surface area contributed by atoms with Gasteiger partial charge >= 0.3 is 5.97 Å². The van der Waals surface area contributed by atoms with E-state index in [1.165, 1.54) is 0 Å². The van der Waals surface area contributed by atoms with Crippen molar-refractivity contribution in [3.8, 4) is 0 Å². The van der Waals surface area contributed by atoms with E-state index in [1.54, 1.807) is 6.92 Å². The summed E-state index contributed by atoms with van der Waals surface area (Å²) in [4.78, 5) is 11.5. The molecule has 2 unspecified atom stereocenters. The van der Waals surface area contributed by atoms with E-state index in [0.717, 1.165) is 12.0 Å². The predicted molar refractivity (Wildman–Crippen MR) is 92.5 cm³/mol. The van der Waals surface area contributed by atoms with Gasteiger partial charge in [0.15, 0.2) is 0 Å². The molecule has 0 N–H and O–H groups in total. The predicted octanol–water partition coefficient (Wildman–Crippen LogP) is 3.71. The van der Waals surface area contributed by atoms with Crippen LogP contribution >= 0.6 is 15.9 Å². The molecule has 1 aromatic rings. The average molecular weight is 385 g/mol. The maximum atomic E-state index is 12.0. The van der Waals surface area contributed by atoms with Gasteiger partial charge in [0, 0.05) is 5.92 Å². The van der Waals surface area contributed by atoms with Crippen molar-refractivity contribution in [2.24, 2.45) is 5.92 Å². The second kappa shape index (κ2) is 8.81. The fourth-order valence-corrected chi connectivity index (χ4v) is 3.54. The van der Waals surface area contributed by atoms with Crippen molar-refractivity contribution in [3.63, 3.8) is 0 Å². The Balaban J connectivity index is 2.06. The van der Waals surface area contributed by atoms with Crippen LogP contribution in [0.15, 0.2) is 30.3 Å². The van der Waals surface area contributed by atoms with E-state index in [-0.39, 0.29) is 30.2 Å². The maximum absolute atomic E-state index is 12.0. The Morgan fingerprint density at radius 1 is 1.30 bits per heavy atom. The van der Waals surface area contributed by atoms with Gasteiger partial charge in [0.05, 0.1) is 25.4 Å². The maximum Gasteiger partial charge on any atom is 0.322 e. The van der Waals surface area contributed by atoms with Crippen LogP contribution in [0.25, 0.3) is 0 Å². The van der Waals surface area contributed by atoms with Gasteiger partial charge < -0.3 is 14.2 Å². The summed E-state index contributed by atoms with van der Waals surface area (Å²) in [5, 5.41) is 0. The Morgan fingerprint density at radius 2 is 2.00 bits per heavy atom. The summed E-state index contributed by atoms with van der Waals surface area (Å²) in [6.07, 6.45) is 0.507. The fourth-order valence-electron chi connectivity index (χ4n) is 2.99. The highest BCUT2D eigenvalue weighted by atomic mass is 79.9. The van der Waals surface area contributed by atoms with Crippen molar-refractivity contribution in [2.45, 2.75) is 56.9 Å². The first kappa shape index (κ1) is 18.4. The van der Waals surface area contributed by atoms with Crippen molar-refractivity contribution < 1.29 is 19.0 Å². The fraction of sp³-hybridized carbons (Fsp3) is 0.611. The number of hydrogen-bond donors (Lipinski definition) is 0. The summed E-state index contributed by atoms with van der Waals surface area (Å²) in [6.45, 7) is 6.87. The Hall–Kier alpha value is -0.910. The molecular formula is C18H25BrO4. The lowest BCUT2D eigenvalue weighted by atomic mass is 9.95. The molecule has 128 valence electrons. The highest BCUT2D eigenvalue weighted by molar-refractivity contribution is 9.10. The lowest BCUT2D eigenvalue weighted by Gasteiger charge is -2.24. The van der Waals surface area contributed by atoms with Crippen LogP contribution in [0, 0.1) is 5.92 Å². The summed E-state index contributed by atoms with van der Waals surface area (Å²) in [5.74, 6) is -0.0713. The smallest absolute Gasteiger partial charge is 0.322 e. The molecule has 0 aromatic heterocycles. The Bertz CT molecular complexity index is 493. The van der Waals surface area contributed by atoms with Crippen molar-refractivity contribution in [3.05, 3.63) is 35.9 Å². The number of benzene rings is 1. The van der Waals surface area contributed by atoms with Crippen LogP contribution in [0.3, 0.4) is 0 Å². The second-order valence-electron chi connectivity index (χ2n) is 5.82. The molecule has 5 heteroatoms. The van der Waals surface area contributed by atoms with Crippen molar-refractivity contribution in [1.29, 1.82) is 0 Å². The van der Waals surface area contributed by atoms with Gasteiger partial charge in [-0.3, -0.25) is 4.79 Å². The summed E-state index contributed by atoms with van der Waals surface area (Å²) in [7, 11) is 0. The number of ether oxygens (including phenoxy) is 3. The minimum absolute atomic E-state index is 0.0928. The van der Waals surface area contributed by atoms with Gasteiger partial charge in [-0.25, -0.2) is 0 Å². The van der Waals surface area contributed by atoms with Crippen molar-refractivity contribution in [2.75, 3.05) is 6.61 Å². The number of rotatable bonds is 7. The molecule has 0 spiro atoms. The number of halogens is 1. The standard InChI is InChI=1S/C18H25BrO4/c1-4-14-12(3)16(22-11-13-9-7-6-8-10-13)17(23-14)15(19)18(20)21-5-2/h6-10,12,14-17H,4-5,11H2,1-3H3/t12-,14-,15?,16-,17?/m1/s1. The average Bonchev–Trinajstić information content (AvgIpc) is 2.89. The zero-order valence-electron chi connectivity index (χ0n) is 13.9. The summed E-state index contributed by atoms with van der Waals surface area (Å²) in [5.41, 5.74) is 1.11. The molecular weight excluding hydrogens is 360 g/mol. The van der Waals surface area contributed by atoms with E-state index in [0.29, 0.717) is 13.2 Å². The minimum atomic E-state index is -0.512. The minimum Gasteiger partial charge on any atom is -0.465 e. The normalized spacial score (nSPS) is 28.5. The van der Waals surface area contributed by atoms with Gasteiger partial charge in [0.2, 0.25) is 0 Å². The SMILES string of the molecule is CCOC(=O)C(Br)C1O[C@H](CC)[C@@H](C)[C@H]1OCc1ccccc1. The molecule has 1 saturated heterocycles. The number of carbonyl (C=O) groups excluding carboxylic acids is 1. The van der Waals surface area contributed by atoms with Crippen molar-refractivity contribution >= 4 is 21.9 Å². The van der Waals surface area contributed by atoms with Crippen LogP contribution in [0.4, 0.5) is 0 Å². The largest absolute Gasteiger partial charge is 0.465 e. The Labute approximate surface area is 146 Å². The molecule has 1 heterocycles. The van der Waals surface area contributed by atoms with E-state index >= 15 is 0 Å². The topological polar surface area (TPSA) is 44.8 Å². The third-order valence-corrected chi connectivity index (χ3v) is 5.14. The zero-order chi connectivity index (χ0) is 16.8. The van der Waals surface area contributed by atoms with E-state index in [1.807, 2.05) is 30.3 Å². The first-order valence-corrected chi connectivity index (χ1v) is 9.11. The van der Waals surface area contributed by atoms with E-state index in [9.17, 15) is 4.79 Å². The molecule has 0 saturated carbocycles. The highest BCUT2D eigenvalue weighted by Crippen LogP contribution is 2.35. The summed E-state index contributed by atoms with van der Waals surface area (Å²) >= 11 is 3.44. The lowest BCUT2D eigenvalue weighted by molar-refractivity contribution is -0.146. The molecule has 0 bridgehead atoms. The Kier molecular flexibility index (Phi) is 7.06. The van der Waals surface area contributed by atoms with Gasteiger partial charge in [0.1, 0.15) is 10.9 Å². The quantitative estimate of drug-likeness (QED) is 0.530. The molecule has 0 aliphatic carbocycles. The monoisotopic (exact) mass is 384 g/mol. The molecule has 1 aliphatic heterocycles. The Morgan fingerprint density at radius 3 is 2.61 bits per heavy atom. The van der Waals surface area contributed by atoms with Crippen LogP contribution in [-0.4, -0.2) is 35.7 Å². The molecule has 0 amide bonds. The first-order valence-electron chi connectivity index (χ1n) is 8.20. The van der Waals surface area contributed by atoms with Gasteiger partial charge in [-0.15, -0.1) is 0 Å². The van der Waals surface area contributed by atoms with Crippen LogP contribution in [-0.2, 0) is 25.6 Å². The molecule has 2 rings (SSSR count). The summed E-state index contributed by atoms with van der Waals surface area (Å²) < 4.78 is 17.3. The van der Waals surface area contributed by atoms with Gasteiger partial charge in [-0.2, -0.15) is 0 Å². The number of carbonyl (C=O) groups is 1. The first-order chi connectivity index (χ1) is 11.1. The molecule has 4 nitrogen and oxygen atoms in total. The number of hydrogen-bond acceptors (Lipinski definition) is 4. The van der Waals surface area contributed by atoms with Gasteiger partial charge in [-0.05, 0) is 18.9 Å². The van der Waals surface area contributed by atoms with E-state index in [4.69, 9.17) is 14.2 Å². The number of alkyl halides is 1. The van der Waals surface area contributed by atoms with Crippen LogP contribution in [0.1, 0.15) is 32.8 Å². The molecule has 23 heavy (non-hydrogen) atoms. The molecule has 1 aliphatic rings. The third-order valence-electron chi connectivity index (χ3n) is 4.25. The summed E-state index contributed by atoms with van der Waals surface area (Å²) in [6, 6.07) is 10.0. The van der Waals surface area contributed by atoms with Gasteiger partial charge in [0.25, 0.3) is 0 Å². The van der Waals surface area contributed by atoms with Crippen LogP contribution < -0.4 is 0 Å². The van der Waals surface area contributed by atoms with Crippen molar-refractivity contribution in [1.82, 2.24) is 0 Å². The lowest BCUT2D eigenvalue weighted by Crippen LogP contribution is -2.40. The third kappa shape index (κ3) is 4.55. The van der Waals surface area contributed by atoms with Crippen LogP contribution in [0.2, 0.25) is 0 Å². The van der Waals surface area contributed by atoms with E-state index < -0.39 is 4.83 Å². The number of esters is 1. The molecule has 1 aromatic carbocycles. The second-order valence-corrected chi connectivity index (χ2v) is 6.81. The molecule has 0 radical (unpaired) electrons. The molecule has 5 atom stereocenters.